The maximum absolute atomic E-state index is 5.77. The van der Waals surface area contributed by atoms with Gasteiger partial charge in [-0.3, -0.25) is 0 Å². The minimum absolute atomic E-state index is 0.0487. The van der Waals surface area contributed by atoms with Crippen molar-refractivity contribution in [2.75, 3.05) is 18.5 Å². The summed E-state index contributed by atoms with van der Waals surface area (Å²) in [5, 5.41) is 0. The van der Waals surface area contributed by atoms with Crippen molar-refractivity contribution in [3.05, 3.63) is 36.5 Å². The average Bonchev–Trinajstić information content (AvgIpc) is 2.29. The van der Waals surface area contributed by atoms with Crippen LogP contribution in [0.5, 0.6) is 0 Å². The van der Waals surface area contributed by atoms with Crippen LogP contribution < -0.4 is 10.6 Å². The van der Waals surface area contributed by atoms with Gasteiger partial charge in [-0.05, 0) is 31.4 Å². The lowest BCUT2D eigenvalue weighted by molar-refractivity contribution is 0.783. The smallest absolute Gasteiger partial charge is 0.128 e. The molecule has 0 bridgehead atoms. The summed E-state index contributed by atoms with van der Waals surface area (Å²) < 4.78 is 0. The molecular weight excluding hydrogens is 198 g/mol. The first-order chi connectivity index (χ1) is 7.65. The van der Waals surface area contributed by atoms with Gasteiger partial charge in [0.1, 0.15) is 5.82 Å². The Balaban J connectivity index is 2.55. The Kier molecular flexibility index (Phi) is 4.99. The van der Waals surface area contributed by atoms with E-state index in [2.05, 4.69) is 23.5 Å². The molecule has 16 heavy (non-hydrogen) atoms. The Morgan fingerprint density at radius 1 is 1.56 bits per heavy atom. The molecule has 0 aromatic carbocycles. The molecule has 3 heteroatoms. The van der Waals surface area contributed by atoms with Gasteiger partial charge in [0.25, 0.3) is 0 Å². The standard InChI is InChI=1S/C13H21N3/c1-4-5-6-9-16(3)13-8-7-12(10-15-13)11(2)14/h4,7-8,10-11H,1,5-6,9,14H2,2-3H3/t11-/m0/s1. The number of pyridine rings is 1. The Bertz CT molecular complexity index is 316. The zero-order valence-electron chi connectivity index (χ0n) is 10.2. The van der Waals surface area contributed by atoms with Crippen molar-refractivity contribution in [3.63, 3.8) is 0 Å². The van der Waals surface area contributed by atoms with E-state index in [0.717, 1.165) is 30.8 Å². The van der Waals surface area contributed by atoms with Crippen LogP contribution in [0.3, 0.4) is 0 Å². The minimum atomic E-state index is 0.0487. The molecule has 0 aliphatic heterocycles. The van der Waals surface area contributed by atoms with Gasteiger partial charge >= 0.3 is 0 Å². The summed E-state index contributed by atoms with van der Waals surface area (Å²) in [4.78, 5) is 6.55. The first kappa shape index (κ1) is 12.7. The van der Waals surface area contributed by atoms with Crippen molar-refractivity contribution in [3.8, 4) is 0 Å². The van der Waals surface area contributed by atoms with Gasteiger partial charge in [0.2, 0.25) is 0 Å². The number of nitrogens with zero attached hydrogens (tertiary/aromatic N) is 2. The number of anilines is 1. The first-order valence-corrected chi connectivity index (χ1v) is 5.68. The summed E-state index contributed by atoms with van der Waals surface area (Å²) >= 11 is 0. The molecule has 1 atom stereocenters. The Morgan fingerprint density at radius 3 is 2.81 bits per heavy atom. The van der Waals surface area contributed by atoms with Gasteiger partial charge in [-0.15, -0.1) is 6.58 Å². The van der Waals surface area contributed by atoms with E-state index in [1.165, 1.54) is 0 Å². The number of aromatic nitrogens is 1. The van der Waals surface area contributed by atoms with Gasteiger partial charge in [-0.1, -0.05) is 12.1 Å². The molecule has 1 rings (SSSR count). The number of rotatable bonds is 6. The molecule has 0 amide bonds. The van der Waals surface area contributed by atoms with E-state index >= 15 is 0 Å². The van der Waals surface area contributed by atoms with Crippen LogP contribution in [0, 0.1) is 0 Å². The monoisotopic (exact) mass is 219 g/mol. The first-order valence-electron chi connectivity index (χ1n) is 5.68. The Hall–Kier alpha value is -1.35. The van der Waals surface area contributed by atoms with Gasteiger partial charge in [0, 0.05) is 25.8 Å². The zero-order chi connectivity index (χ0) is 12.0. The van der Waals surface area contributed by atoms with E-state index in [9.17, 15) is 0 Å². The van der Waals surface area contributed by atoms with Gasteiger partial charge in [-0.25, -0.2) is 4.98 Å². The van der Waals surface area contributed by atoms with Gasteiger partial charge < -0.3 is 10.6 Å². The molecule has 0 unspecified atom stereocenters. The number of hydrogen-bond acceptors (Lipinski definition) is 3. The van der Waals surface area contributed by atoms with E-state index in [0.29, 0.717) is 0 Å². The van der Waals surface area contributed by atoms with Crippen LogP contribution in [0.2, 0.25) is 0 Å². The molecule has 0 spiro atoms. The molecule has 0 saturated heterocycles. The predicted molar refractivity (Wildman–Crippen MR) is 69.5 cm³/mol. The lowest BCUT2D eigenvalue weighted by atomic mass is 10.1. The van der Waals surface area contributed by atoms with Crippen LogP contribution in [0.1, 0.15) is 31.4 Å². The van der Waals surface area contributed by atoms with Gasteiger partial charge in [-0.2, -0.15) is 0 Å². The molecule has 0 saturated carbocycles. The number of hydrogen-bond donors (Lipinski definition) is 1. The summed E-state index contributed by atoms with van der Waals surface area (Å²) in [5.41, 5.74) is 6.85. The molecule has 0 fully saturated rings. The number of nitrogens with two attached hydrogens (primary N) is 1. The lowest BCUT2D eigenvalue weighted by Gasteiger charge is -2.18. The van der Waals surface area contributed by atoms with Crippen molar-refractivity contribution in [1.29, 1.82) is 0 Å². The van der Waals surface area contributed by atoms with E-state index in [4.69, 9.17) is 5.73 Å². The maximum atomic E-state index is 5.77. The van der Waals surface area contributed by atoms with Crippen molar-refractivity contribution in [2.45, 2.75) is 25.8 Å². The second-order valence-electron chi connectivity index (χ2n) is 4.09. The quantitative estimate of drug-likeness (QED) is 0.590. The largest absolute Gasteiger partial charge is 0.360 e. The van der Waals surface area contributed by atoms with Crippen molar-refractivity contribution >= 4 is 5.82 Å². The summed E-state index contributed by atoms with van der Waals surface area (Å²) in [6, 6.07) is 4.11. The minimum Gasteiger partial charge on any atom is -0.360 e. The fourth-order valence-corrected chi connectivity index (χ4v) is 1.48. The van der Waals surface area contributed by atoms with Crippen LogP contribution in [-0.2, 0) is 0 Å². The highest BCUT2D eigenvalue weighted by Crippen LogP contribution is 2.13. The fraction of sp³-hybridized carbons (Fsp3) is 0.462. The van der Waals surface area contributed by atoms with E-state index < -0.39 is 0 Å². The molecule has 3 nitrogen and oxygen atoms in total. The van der Waals surface area contributed by atoms with E-state index in [1.54, 1.807) is 0 Å². The molecule has 0 radical (unpaired) electrons. The van der Waals surface area contributed by atoms with E-state index in [-0.39, 0.29) is 6.04 Å². The van der Waals surface area contributed by atoms with Crippen molar-refractivity contribution in [1.82, 2.24) is 4.98 Å². The summed E-state index contributed by atoms with van der Waals surface area (Å²) in [7, 11) is 2.05. The maximum Gasteiger partial charge on any atom is 0.128 e. The lowest BCUT2D eigenvalue weighted by Crippen LogP contribution is -2.19. The number of allylic oxidation sites excluding steroid dienone is 1. The number of unbranched alkanes of at least 4 members (excludes halogenated alkanes) is 1. The topological polar surface area (TPSA) is 42.1 Å². The van der Waals surface area contributed by atoms with Crippen LogP contribution >= 0.6 is 0 Å². The van der Waals surface area contributed by atoms with Crippen LogP contribution in [0.4, 0.5) is 5.82 Å². The highest BCUT2D eigenvalue weighted by Gasteiger charge is 2.03. The zero-order valence-corrected chi connectivity index (χ0v) is 10.2. The second-order valence-corrected chi connectivity index (χ2v) is 4.09. The highest BCUT2D eigenvalue weighted by atomic mass is 15.2. The SMILES string of the molecule is C=CCCCN(C)c1ccc([C@H](C)N)cn1. The normalized spacial score (nSPS) is 12.2. The third kappa shape index (κ3) is 3.66. The highest BCUT2D eigenvalue weighted by molar-refractivity contribution is 5.38. The molecule has 1 aromatic rings. The summed E-state index contributed by atoms with van der Waals surface area (Å²) in [6.07, 6.45) is 5.95. The molecule has 0 aliphatic rings. The van der Waals surface area contributed by atoms with Crippen molar-refractivity contribution in [2.24, 2.45) is 5.73 Å². The third-order valence-electron chi connectivity index (χ3n) is 2.59. The van der Waals surface area contributed by atoms with Crippen LogP contribution in [0.25, 0.3) is 0 Å². The predicted octanol–water partition coefficient (Wildman–Crippen LogP) is 2.50. The summed E-state index contributed by atoms with van der Waals surface area (Å²) in [6.45, 7) is 6.67. The van der Waals surface area contributed by atoms with Crippen molar-refractivity contribution < 1.29 is 0 Å². The van der Waals surface area contributed by atoms with Crippen LogP contribution in [-0.4, -0.2) is 18.6 Å². The van der Waals surface area contributed by atoms with Crippen LogP contribution in [0.15, 0.2) is 31.0 Å². The third-order valence-corrected chi connectivity index (χ3v) is 2.59. The molecule has 1 aromatic heterocycles. The molecule has 2 N–H and O–H groups in total. The van der Waals surface area contributed by atoms with E-state index in [1.807, 2.05) is 31.3 Å². The van der Waals surface area contributed by atoms with Gasteiger partial charge in [0.15, 0.2) is 0 Å². The summed E-state index contributed by atoms with van der Waals surface area (Å²) in [5.74, 6) is 0.994. The Morgan fingerprint density at radius 2 is 2.31 bits per heavy atom. The average molecular weight is 219 g/mol. The Labute approximate surface area is 98.0 Å². The van der Waals surface area contributed by atoms with Gasteiger partial charge in [0.05, 0.1) is 0 Å². The molecule has 0 aliphatic carbocycles. The second kappa shape index (κ2) is 6.28. The fourth-order valence-electron chi connectivity index (χ4n) is 1.48. The molecular formula is C13H21N3. The molecule has 88 valence electrons. The molecule has 1 heterocycles.